The Labute approximate surface area is 141 Å². The van der Waals surface area contributed by atoms with E-state index in [9.17, 15) is 14.9 Å². The van der Waals surface area contributed by atoms with E-state index in [1.165, 1.54) is 12.1 Å². The SMILES string of the molecule is CC1(C)CCN(C(=O)c2cc([N+](=O)[O-])ccc2I)CCS1. The second kappa shape index (κ2) is 6.51. The smallest absolute Gasteiger partial charge is 0.270 e. The summed E-state index contributed by atoms with van der Waals surface area (Å²) in [6.45, 7) is 5.74. The van der Waals surface area contributed by atoms with Crippen LogP contribution < -0.4 is 0 Å². The third kappa shape index (κ3) is 4.09. The molecule has 1 heterocycles. The highest BCUT2D eigenvalue weighted by Gasteiger charge is 2.27. The van der Waals surface area contributed by atoms with E-state index in [0.717, 1.165) is 15.7 Å². The molecular weight excluding hydrogens is 403 g/mol. The van der Waals surface area contributed by atoms with Crippen LogP contribution in [0.5, 0.6) is 0 Å². The molecule has 1 aromatic rings. The number of nitro groups is 1. The van der Waals surface area contributed by atoms with Gasteiger partial charge in [0, 0.05) is 39.3 Å². The molecule has 1 fully saturated rings. The van der Waals surface area contributed by atoms with Gasteiger partial charge in [0.25, 0.3) is 11.6 Å². The largest absolute Gasteiger partial charge is 0.338 e. The standard InChI is InChI=1S/C14H17IN2O3S/c1-14(2)5-6-16(7-8-21-14)13(18)11-9-10(17(19)20)3-4-12(11)15/h3-4,9H,5-8H2,1-2H3. The highest BCUT2D eigenvalue weighted by molar-refractivity contribution is 14.1. The van der Waals surface area contributed by atoms with Gasteiger partial charge in [-0.05, 0) is 35.1 Å². The van der Waals surface area contributed by atoms with E-state index in [4.69, 9.17) is 0 Å². The van der Waals surface area contributed by atoms with Crippen molar-refractivity contribution in [3.05, 3.63) is 37.4 Å². The van der Waals surface area contributed by atoms with E-state index in [1.54, 1.807) is 6.07 Å². The molecular formula is C14H17IN2O3S. The molecule has 21 heavy (non-hydrogen) atoms. The summed E-state index contributed by atoms with van der Waals surface area (Å²) in [6, 6.07) is 4.44. The lowest BCUT2D eigenvalue weighted by Gasteiger charge is -2.23. The van der Waals surface area contributed by atoms with Crippen molar-refractivity contribution in [3.8, 4) is 0 Å². The number of nitrogens with zero attached hydrogens (tertiary/aromatic N) is 2. The summed E-state index contributed by atoms with van der Waals surface area (Å²) in [4.78, 5) is 24.9. The van der Waals surface area contributed by atoms with Gasteiger partial charge in [-0.25, -0.2) is 0 Å². The Balaban J connectivity index is 2.23. The Kier molecular flexibility index (Phi) is 5.13. The number of carbonyl (C=O) groups excluding carboxylic acids is 1. The number of non-ortho nitro benzene ring substituents is 1. The van der Waals surface area contributed by atoms with Crippen LogP contribution in [-0.2, 0) is 0 Å². The van der Waals surface area contributed by atoms with Crippen LogP contribution >= 0.6 is 34.4 Å². The molecule has 2 rings (SSSR count). The molecule has 1 saturated heterocycles. The highest BCUT2D eigenvalue weighted by Crippen LogP contribution is 2.31. The van der Waals surface area contributed by atoms with Crippen LogP contribution in [0.15, 0.2) is 18.2 Å². The van der Waals surface area contributed by atoms with Gasteiger partial charge in [-0.1, -0.05) is 13.8 Å². The fourth-order valence-corrected chi connectivity index (χ4v) is 3.85. The number of nitro benzene ring substituents is 1. The molecule has 1 amide bonds. The molecule has 0 unspecified atom stereocenters. The monoisotopic (exact) mass is 420 g/mol. The van der Waals surface area contributed by atoms with Gasteiger partial charge in [-0.15, -0.1) is 0 Å². The Morgan fingerprint density at radius 3 is 2.81 bits per heavy atom. The second-order valence-electron chi connectivity index (χ2n) is 5.57. The van der Waals surface area contributed by atoms with Crippen molar-refractivity contribution < 1.29 is 9.72 Å². The molecule has 0 spiro atoms. The molecule has 0 N–H and O–H groups in total. The zero-order valence-corrected chi connectivity index (χ0v) is 14.9. The molecule has 0 saturated carbocycles. The third-order valence-corrected chi connectivity index (χ3v) is 5.83. The summed E-state index contributed by atoms with van der Waals surface area (Å²) in [5.41, 5.74) is 0.387. The van der Waals surface area contributed by atoms with Crippen molar-refractivity contribution >= 4 is 45.9 Å². The summed E-state index contributed by atoms with van der Waals surface area (Å²) in [6.07, 6.45) is 0.926. The number of thioether (sulfide) groups is 1. The third-order valence-electron chi connectivity index (χ3n) is 3.52. The topological polar surface area (TPSA) is 63.5 Å². The molecule has 1 aromatic carbocycles. The van der Waals surface area contributed by atoms with Gasteiger partial charge in [-0.2, -0.15) is 11.8 Å². The second-order valence-corrected chi connectivity index (χ2v) is 8.54. The van der Waals surface area contributed by atoms with Crippen molar-refractivity contribution in [1.29, 1.82) is 0 Å². The number of benzene rings is 1. The average Bonchev–Trinajstić information content (AvgIpc) is 2.59. The van der Waals surface area contributed by atoms with Crippen molar-refractivity contribution in [2.45, 2.75) is 25.0 Å². The molecule has 5 nitrogen and oxygen atoms in total. The first-order valence-corrected chi connectivity index (χ1v) is 8.74. The summed E-state index contributed by atoms with van der Waals surface area (Å²) in [7, 11) is 0. The molecule has 0 atom stereocenters. The van der Waals surface area contributed by atoms with Gasteiger partial charge in [-0.3, -0.25) is 14.9 Å². The maximum atomic E-state index is 12.6. The minimum atomic E-state index is -0.464. The summed E-state index contributed by atoms with van der Waals surface area (Å²) in [5.74, 6) is 0.783. The summed E-state index contributed by atoms with van der Waals surface area (Å²) >= 11 is 3.92. The van der Waals surface area contributed by atoms with Crippen molar-refractivity contribution in [2.24, 2.45) is 0 Å². The van der Waals surface area contributed by atoms with Crippen LogP contribution in [0.2, 0.25) is 0 Å². The average molecular weight is 420 g/mol. The number of carbonyl (C=O) groups is 1. The van der Waals surface area contributed by atoms with Crippen LogP contribution in [0.25, 0.3) is 0 Å². The first-order chi connectivity index (χ1) is 9.80. The normalized spacial score (nSPS) is 18.1. The van der Waals surface area contributed by atoms with Crippen LogP contribution in [0.3, 0.4) is 0 Å². The van der Waals surface area contributed by atoms with E-state index in [2.05, 4.69) is 36.4 Å². The van der Waals surface area contributed by atoms with Crippen molar-refractivity contribution in [1.82, 2.24) is 4.90 Å². The molecule has 0 aliphatic carbocycles. The lowest BCUT2D eigenvalue weighted by molar-refractivity contribution is -0.384. The first kappa shape index (κ1) is 16.5. The van der Waals surface area contributed by atoms with Crippen molar-refractivity contribution in [2.75, 3.05) is 18.8 Å². The van der Waals surface area contributed by atoms with E-state index in [-0.39, 0.29) is 16.3 Å². The Morgan fingerprint density at radius 1 is 1.43 bits per heavy atom. The number of hydrogen-bond donors (Lipinski definition) is 0. The maximum Gasteiger partial charge on any atom is 0.270 e. The Bertz CT molecular complexity index is 577. The predicted molar refractivity (Wildman–Crippen MR) is 92.9 cm³/mol. The molecule has 0 bridgehead atoms. The Hall–Kier alpha value is -0.830. The van der Waals surface area contributed by atoms with Crippen molar-refractivity contribution in [3.63, 3.8) is 0 Å². The van der Waals surface area contributed by atoms with Gasteiger partial charge in [0.15, 0.2) is 0 Å². The Morgan fingerprint density at radius 2 is 2.14 bits per heavy atom. The highest BCUT2D eigenvalue weighted by atomic mass is 127. The molecule has 7 heteroatoms. The molecule has 0 aromatic heterocycles. The van der Waals surface area contributed by atoms with Crippen LogP contribution in [0, 0.1) is 13.7 Å². The van der Waals surface area contributed by atoms with E-state index in [0.29, 0.717) is 18.7 Å². The molecule has 1 aliphatic rings. The molecule has 114 valence electrons. The number of rotatable bonds is 2. The molecule has 1 aliphatic heterocycles. The minimum Gasteiger partial charge on any atom is -0.338 e. The van der Waals surface area contributed by atoms with Gasteiger partial charge in [0.05, 0.1) is 10.5 Å². The van der Waals surface area contributed by atoms with Crippen LogP contribution in [0.1, 0.15) is 30.6 Å². The number of amides is 1. The summed E-state index contributed by atoms with van der Waals surface area (Å²) < 4.78 is 0.921. The van der Waals surface area contributed by atoms with Gasteiger partial charge in [0.2, 0.25) is 0 Å². The quantitative estimate of drug-likeness (QED) is 0.417. The molecule has 0 radical (unpaired) electrons. The van der Waals surface area contributed by atoms with Gasteiger partial charge < -0.3 is 4.90 Å². The number of halogens is 1. The van der Waals surface area contributed by atoms with E-state index < -0.39 is 4.92 Å². The summed E-state index contributed by atoms with van der Waals surface area (Å²) in [5, 5.41) is 10.9. The van der Waals surface area contributed by atoms with E-state index >= 15 is 0 Å². The zero-order chi connectivity index (χ0) is 15.6. The zero-order valence-electron chi connectivity index (χ0n) is 12.0. The lowest BCUT2D eigenvalue weighted by Crippen LogP contribution is -2.34. The van der Waals surface area contributed by atoms with Crippen LogP contribution in [-0.4, -0.2) is 39.3 Å². The van der Waals surface area contributed by atoms with Gasteiger partial charge in [0.1, 0.15) is 0 Å². The maximum absolute atomic E-state index is 12.6. The predicted octanol–water partition coefficient (Wildman–Crippen LogP) is 3.56. The number of hydrogen-bond acceptors (Lipinski definition) is 4. The minimum absolute atomic E-state index is 0.0386. The lowest BCUT2D eigenvalue weighted by atomic mass is 10.1. The van der Waals surface area contributed by atoms with Gasteiger partial charge >= 0.3 is 0 Å². The fraction of sp³-hybridized carbons (Fsp3) is 0.500. The first-order valence-electron chi connectivity index (χ1n) is 6.67. The van der Waals surface area contributed by atoms with Crippen LogP contribution in [0.4, 0.5) is 5.69 Å². The fourth-order valence-electron chi connectivity index (χ4n) is 2.18. The van der Waals surface area contributed by atoms with E-state index in [1.807, 2.05) is 16.7 Å².